The Balaban J connectivity index is 1.56. The van der Waals surface area contributed by atoms with Crippen LogP contribution in [-0.4, -0.2) is 18.1 Å². The molecular formula is C21H22N2O3S. The maximum absolute atomic E-state index is 12.9. The molecular weight excluding hydrogens is 360 g/mol. The number of aryl methyl sites for hydroxylation is 1. The van der Waals surface area contributed by atoms with Crippen molar-refractivity contribution in [3.05, 3.63) is 40.3 Å². The van der Waals surface area contributed by atoms with E-state index in [0.29, 0.717) is 22.1 Å². The van der Waals surface area contributed by atoms with Crippen LogP contribution in [0.1, 0.15) is 48.6 Å². The molecule has 1 amide bonds. The lowest BCUT2D eigenvalue weighted by Gasteiger charge is -2.30. The number of rotatable bonds is 2. The molecule has 1 aromatic heterocycles. The van der Waals surface area contributed by atoms with Crippen LogP contribution >= 0.6 is 11.3 Å². The lowest BCUT2D eigenvalue weighted by Crippen LogP contribution is -2.46. The van der Waals surface area contributed by atoms with E-state index < -0.39 is 12.2 Å². The minimum atomic E-state index is -0.754. The number of hydrogen-bond donors (Lipinski definition) is 1. The van der Waals surface area contributed by atoms with Crippen LogP contribution in [0.3, 0.4) is 0 Å². The molecule has 2 atom stereocenters. The molecule has 0 bridgehead atoms. The number of fused-ring (bicyclic) bond motifs is 2. The summed E-state index contributed by atoms with van der Waals surface area (Å²) in [6.07, 6.45) is 5.40. The smallest absolute Gasteiger partial charge is 0.270 e. The average molecular weight is 382 g/mol. The third kappa shape index (κ3) is 3.52. The van der Waals surface area contributed by atoms with Gasteiger partial charge in [-0.05, 0) is 50.3 Å². The van der Waals surface area contributed by atoms with E-state index in [2.05, 4.69) is 11.4 Å². The van der Waals surface area contributed by atoms with E-state index in [9.17, 15) is 10.1 Å². The second kappa shape index (κ2) is 7.61. The topological polar surface area (TPSA) is 71.3 Å². The molecule has 0 saturated heterocycles. The van der Waals surface area contributed by atoms with Crippen LogP contribution in [0.25, 0.3) is 0 Å². The standard InChI is InChI=1S/C21H22N2O3S/c1-13-19(26-17-10-7-6-9-16(17)25-13)20(24)23-21-15(12-22)14-8-4-2-3-5-11-18(14)27-21/h6-7,9-10,13,19H,2-5,8,11H2,1H3,(H,23,24)/t13-,19-/m1/s1. The lowest BCUT2D eigenvalue weighted by atomic mass is 9.97. The number of anilines is 1. The number of nitrogens with one attached hydrogen (secondary N) is 1. The molecule has 2 heterocycles. The van der Waals surface area contributed by atoms with Crippen LogP contribution in [-0.2, 0) is 17.6 Å². The zero-order chi connectivity index (χ0) is 18.8. The van der Waals surface area contributed by atoms with Crippen molar-refractivity contribution in [2.75, 3.05) is 5.32 Å². The summed E-state index contributed by atoms with van der Waals surface area (Å²) < 4.78 is 11.7. The van der Waals surface area contributed by atoms with Gasteiger partial charge in [0.25, 0.3) is 5.91 Å². The number of benzene rings is 1. The molecule has 2 aromatic rings. The van der Waals surface area contributed by atoms with Gasteiger partial charge in [-0.25, -0.2) is 0 Å². The van der Waals surface area contributed by atoms with Gasteiger partial charge in [-0.15, -0.1) is 11.3 Å². The Bertz CT molecular complexity index is 899. The minimum Gasteiger partial charge on any atom is -0.482 e. The van der Waals surface area contributed by atoms with Crippen LogP contribution in [0.5, 0.6) is 11.5 Å². The lowest BCUT2D eigenvalue weighted by molar-refractivity contribution is -0.127. The third-order valence-electron chi connectivity index (χ3n) is 5.12. The molecule has 0 radical (unpaired) electrons. The van der Waals surface area contributed by atoms with Crippen LogP contribution in [0.4, 0.5) is 5.00 Å². The van der Waals surface area contributed by atoms with Crippen LogP contribution in [0, 0.1) is 11.3 Å². The van der Waals surface area contributed by atoms with Crippen molar-refractivity contribution in [1.82, 2.24) is 0 Å². The van der Waals surface area contributed by atoms with Crippen molar-refractivity contribution in [2.45, 2.75) is 57.7 Å². The van der Waals surface area contributed by atoms with Gasteiger partial charge in [-0.1, -0.05) is 25.0 Å². The van der Waals surface area contributed by atoms with Crippen molar-refractivity contribution >= 4 is 22.2 Å². The Morgan fingerprint density at radius 1 is 1.15 bits per heavy atom. The maximum atomic E-state index is 12.9. The molecule has 5 nitrogen and oxygen atoms in total. The number of nitriles is 1. The normalized spacial score (nSPS) is 21.3. The number of ether oxygens (including phenoxy) is 2. The highest BCUT2D eigenvalue weighted by molar-refractivity contribution is 7.16. The second-order valence-electron chi connectivity index (χ2n) is 7.03. The largest absolute Gasteiger partial charge is 0.482 e. The summed E-state index contributed by atoms with van der Waals surface area (Å²) in [5.74, 6) is 0.934. The Morgan fingerprint density at radius 3 is 2.59 bits per heavy atom. The van der Waals surface area contributed by atoms with E-state index in [1.807, 2.05) is 25.1 Å². The fraction of sp³-hybridized carbons (Fsp3) is 0.429. The molecule has 4 rings (SSSR count). The molecule has 1 N–H and O–H groups in total. The zero-order valence-corrected chi connectivity index (χ0v) is 16.1. The van der Waals surface area contributed by atoms with E-state index in [1.54, 1.807) is 6.07 Å². The molecule has 0 unspecified atom stereocenters. The van der Waals surface area contributed by atoms with Crippen LogP contribution in [0.2, 0.25) is 0 Å². The fourth-order valence-electron chi connectivity index (χ4n) is 3.72. The van der Waals surface area contributed by atoms with E-state index in [1.165, 1.54) is 29.1 Å². The molecule has 1 aromatic carbocycles. The van der Waals surface area contributed by atoms with Gasteiger partial charge in [0.15, 0.2) is 11.5 Å². The molecule has 140 valence electrons. The number of para-hydroxylation sites is 2. The van der Waals surface area contributed by atoms with Crippen molar-refractivity contribution in [2.24, 2.45) is 0 Å². The van der Waals surface area contributed by atoms with Gasteiger partial charge in [0.05, 0.1) is 5.56 Å². The number of carbonyl (C=O) groups is 1. The first-order chi connectivity index (χ1) is 13.2. The molecule has 1 aliphatic carbocycles. The maximum Gasteiger partial charge on any atom is 0.270 e. The SMILES string of the molecule is C[C@H]1Oc2ccccc2O[C@H]1C(=O)Nc1sc2c(c1C#N)CCCCCC2. The fourth-order valence-corrected chi connectivity index (χ4v) is 4.96. The number of thiophene rings is 1. The number of hydrogen-bond acceptors (Lipinski definition) is 5. The predicted molar refractivity (Wildman–Crippen MR) is 104 cm³/mol. The van der Waals surface area contributed by atoms with Crippen molar-refractivity contribution in [1.29, 1.82) is 5.26 Å². The predicted octanol–water partition coefficient (Wildman–Crippen LogP) is 4.45. The molecule has 27 heavy (non-hydrogen) atoms. The van der Waals surface area contributed by atoms with Crippen molar-refractivity contribution < 1.29 is 14.3 Å². The first-order valence-corrected chi connectivity index (χ1v) is 10.3. The van der Waals surface area contributed by atoms with Gasteiger partial charge < -0.3 is 14.8 Å². The molecule has 6 heteroatoms. The first kappa shape index (κ1) is 17.9. The van der Waals surface area contributed by atoms with Gasteiger partial charge in [-0.3, -0.25) is 4.79 Å². The van der Waals surface area contributed by atoms with Crippen molar-refractivity contribution in [3.63, 3.8) is 0 Å². The highest BCUT2D eigenvalue weighted by atomic mass is 32.1. The Morgan fingerprint density at radius 2 is 1.85 bits per heavy atom. The summed E-state index contributed by atoms with van der Waals surface area (Å²) >= 11 is 1.54. The summed E-state index contributed by atoms with van der Waals surface area (Å²) in [6, 6.07) is 9.65. The Labute approximate surface area is 162 Å². The van der Waals surface area contributed by atoms with Crippen LogP contribution in [0.15, 0.2) is 24.3 Å². The summed E-state index contributed by atoms with van der Waals surface area (Å²) in [5, 5.41) is 13.3. The summed E-state index contributed by atoms with van der Waals surface area (Å²) in [7, 11) is 0. The number of nitrogens with zero attached hydrogens (tertiary/aromatic N) is 1. The molecule has 0 fully saturated rings. The van der Waals surface area contributed by atoms with E-state index in [-0.39, 0.29) is 5.91 Å². The third-order valence-corrected chi connectivity index (χ3v) is 6.33. The minimum absolute atomic E-state index is 0.275. The zero-order valence-electron chi connectivity index (χ0n) is 15.3. The first-order valence-electron chi connectivity index (χ1n) is 9.45. The highest BCUT2D eigenvalue weighted by Gasteiger charge is 2.35. The highest BCUT2D eigenvalue weighted by Crippen LogP contribution is 2.38. The summed E-state index contributed by atoms with van der Waals surface area (Å²) in [4.78, 5) is 14.1. The Hall–Kier alpha value is -2.52. The molecule has 2 aliphatic rings. The molecule has 0 spiro atoms. The second-order valence-corrected chi connectivity index (χ2v) is 8.14. The average Bonchev–Trinajstić information content (AvgIpc) is 2.96. The van der Waals surface area contributed by atoms with Crippen molar-refractivity contribution in [3.8, 4) is 17.6 Å². The van der Waals surface area contributed by atoms with E-state index in [0.717, 1.165) is 31.2 Å². The van der Waals surface area contributed by atoms with Crippen LogP contribution < -0.4 is 14.8 Å². The van der Waals surface area contributed by atoms with Gasteiger partial charge in [-0.2, -0.15) is 5.26 Å². The number of carbonyl (C=O) groups excluding carboxylic acids is 1. The molecule has 1 aliphatic heterocycles. The van der Waals surface area contributed by atoms with Gasteiger partial charge in [0.2, 0.25) is 6.10 Å². The van der Waals surface area contributed by atoms with E-state index >= 15 is 0 Å². The van der Waals surface area contributed by atoms with Gasteiger partial charge >= 0.3 is 0 Å². The quantitative estimate of drug-likeness (QED) is 0.833. The van der Waals surface area contributed by atoms with Gasteiger partial charge in [0, 0.05) is 4.88 Å². The van der Waals surface area contributed by atoms with E-state index in [4.69, 9.17) is 9.47 Å². The summed E-state index contributed by atoms with van der Waals surface area (Å²) in [6.45, 7) is 1.82. The molecule has 0 saturated carbocycles. The monoisotopic (exact) mass is 382 g/mol. The summed E-state index contributed by atoms with van der Waals surface area (Å²) in [5.41, 5.74) is 1.74. The number of amides is 1. The Kier molecular flexibility index (Phi) is 5.04. The van der Waals surface area contributed by atoms with Gasteiger partial charge in [0.1, 0.15) is 17.2 Å².